The third-order valence-electron chi connectivity index (χ3n) is 2.45. The molecule has 21 heavy (non-hydrogen) atoms. The van der Waals surface area contributed by atoms with E-state index in [0.29, 0.717) is 22.4 Å². The molecule has 3 N–H and O–H groups in total. The predicted octanol–water partition coefficient (Wildman–Crippen LogP) is 2.97. The summed E-state index contributed by atoms with van der Waals surface area (Å²) in [6.07, 6.45) is 1.76. The predicted molar refractivity (Wildman–Crippen MR) is 86.5 cm³/mol. The summed E-state index contributed by atoms with van der Waals surface area (Å²) < 4.78 is 11.0. The normalized spacial score (nSPS) is 11.0. The Labute approximate surface area is 127 Å². The van der Waals surface area contributed by atoms with Crippen molar-refractivity contribution in [2.75, 3.05) is 18.3 Å². The minimum Gasteiger partial charge on any atom is -0.493 e. The number of hydrazone groups is 1. The Morgan fingerprint density at radius 1 is 1.38 bits per heavy atom. The van der Waals surface area contributed by atoms with E-state index in [9.17, 15) is 0 Å². The number of hydrogen-bond donors (Lipinski definition) is 2. The smallest absolute Gasteiger partial charge is 0.205 e. The lowest BCUT2D eigenvalue weighted by molar-refractivity contribution is 0.230. The van der Waals surface area contributed by atoms with E-state index in [-0.39, 0.29) is 6.10 Å². The van der Waals surface area contributed by atoms with Gasteiger partial charge in [0.1, 0.15) is 5.82 Å². The third-order valence-corrected chi connectivity index (χ3v) is 3.21. The van der Waals surface area contributed by atoms with Gasteiger partial charge in [-0.25, -0.2) is 4.98 Å². The zero-order valence-electron chi connectivity index (χ0n) is 12.2. The van der Waals surface area contributed by atoms with Crippen LogP contribution in [0.1, 0.15) is 19.4 Å². The number of hydrogen-bond acceptors (Lipinski definition) is 7. The molecule has 6 nitrogen and oxygen atoms in total. The summed E-state index contributed by atoms with van der Waals surface area (Å²) in [7, 11) is 1.62. The van der Waals surface area contributed by atoms with Crippen molar-refractivity contribution in [2.45, 2.75) is 20.0 Å². The van der Waals surface area contributed by atoms with Crippen LogP contribution in [-0.2, 0) is 0 Å². The third kappa shape index (κ3) is 4.35. The quantitative estimate of drug-likeness (QED) is 0.633. The van der Waals surface area contributed by atoms with Crippen LogP contribution in [0.4, 0.5) is 10.9 Å². The van der Waals surface area contributed by atoms with E-state index in [2.05, 4.69) is 15.5 Å². The highest BCUT2D eigenvalue weighted by Crippen LogP contribution is 2.28. The molecule has 0 radical (unpaired) electrons. The Kier molecular flexibility index (Phi) is 4.99. The number of nitrogens with two attached hydrogens (primary N) is 1. The van der Waals surface area contributed by atoms with Crippen LogP contribution in [0.2, 0.25) is 0 Å². The van der Waals surface area contributed by atoms with Crippen LogP contribution in [0, 0.1) is 0 Å². The number of ether oxygens (including phenoxy) is 2. The van der Waals surface area contributed by atoms with Crippen LogP contribution in [0.15, 0.2) is 28.7 Å². The van der Waals surface area contributed by atoms with Gasteiger partial charge in [-0.15, -0.1) is 11.3 Å². The molecule has 1 heterocycles. The lowest BCUT2D eigenvalue weighted by Crippen LogP contribution is -2.07. The van der Waals surface area contributed by atoms with Gasteiger partial charge in [0.15, 0.2) is 11.5 Å². The number of benzene rings is 1. The first-order valence-electron chi connectivity index (χ1n) is 6.43. The molecule has 0 fully saturated rings. The number of thiazole rings is 1. The maximum Gasteiger partial charge on any atom is 0.205 e. The van der Waals surface area contributed by atoms with Crippen molar-refractivity contribution in [1.82, 2.24) is 4.98 Å². The summed E-state index contributed by atoms with van der Waals surface area (Å²) in [5.74, 6) is 1.87. The maximum atomic E-state index is 5.71. The Morgan fingerprint density at radius 3 is 2.81 bits per heavy atom. The van der Waals surface area contributed by atoms with E-state index in [4.69, 9.17) is 15.2 Å². The van der Waals surface area contributed by atoms with E-state index in [1.165, 1.54) is 11.3 Å². The monoisotopic (exact) mass is 306 g/mol. The molecule has 1 aromatic carbocycles. The Balaban J connectivity index is 2.08. The largest absolute Gasteiger partial charge is 0.493 e. The minimum atomic E-state index is 0.0718. The van der Waals surface area contributed by atoms with Crippen molar-refractivity contribution in [3.63, 3.8) is 0 Å². The van der Waals surface area contributed by atoms with Gasteiger partial charge in [0.2, 0.25) is 5.13 Å². The van der Waals surface area contributed by atoms with Crippen LogP contribution >= 0.6 is 11.3 Å². The second kappa shape index (κ2) is 6.94. The summed E-state index contributed by atoms with van der Waals surface area (Å²) in [4.78, 5) is 4.05. The van der Waals surface area contributed by atoms with Crippen LogP contribution in [-0.4, -0.2) is 24.4 Å². The number of nitrogens with zero attached hydrogens (tertiary/aromatic N) is 2. The topological polar surface area (TPSA) is 81.8 Å². The number of anilines is 2. The number of nitrogens with one attached hydrogen (secondary N) is 1. The average Bonchev–Trinajstić information content (AvgIpc) is 2.84. The molecule has 0 atom stereocenters. The number of aromatic nitrogens is 1. The molecule has 0 saturated carbocycles. The second-order valence-corrected chi connectivity index (χ2v) is 5.38. The van der Waals surface area contributed by atoms with Crippen LogP contribution in [0.5, 0.6) is 11.5 Å². The van der Waals surface area contributed by atoms with Gasteiger partial charge >= 0.3 is 0 Å². The van der Waals surface area contributed by atoms with Gasteiger partial charge in [-0.3, -0.25) is 5.43 Å². The van der Waals surface area contributed by atoms with Crippen molar-refractivity contribution in [2.24, 2.45) is 5.10 Å². The van der Waals surface area contributed by atoms with E-state index in [0.717, 1.165) is 5.56 Å². The molecule has 0 aliphatic rings. The van der Waals surface area contributed by atoms with Gasteiger partial charge in [-0.2, -0.15) is 5.10 Å². The summed E-state index contributed by atoms with van der Waals surface area (Å²) in [5, 5.41) is 6.52. The van der Waals surface area contributed by atoms with E-state index < -0.39 is 0 Å². The standard InChI is InChI=1S/C14H18N4O2S/c1-9(2)20-12-6-10(4-5-11(12)19-3)7-16-18-14-17-13(15)8-21-14/h4-9H,15H2,1-3H3,(H,17,18). The lowest BCUT2D eigenvalue weighted by atomic mass is 10.2. The molecule has 0 aliphatic heterocycles. The Morgan fingerprint density at radius 2 is 2.19 bits per heavy atom. The minimum absolute atomic E-state index is 0.0718. The summed E-state index contributed by atoms with van der Waals surface area (Å²) in [5.41, 5.74) is 9.26. The number of methoxy groups -OCH3 is 1. The van der Waals surface area contributed by atoms with E-state index in [1.54, 1.807) is 18.7 Å². The first-order chi connectivity index (χ1) is 10.1. The molecule has 2 aromatic rings. The molecule has 7 heteroatoms. The Hall–Kier alpha value is -2.28. The van der Waals surface area contributed by atoms with Gasteiger partial charge < -0.3 is 15.2 Å². The highest BCUT2D eigenvalue weighted by Gasteiger charge is 2.06. The molecule has 0 aliphatic carbocycles. The Bertz CT molecular complexity index is 625. The SMILES string of the molecule is COc1ccc(C=NNc2nc(N)cs2)cc1OC(C)C. The number of nitrogen functional groups attached to an aromatic ring is 1. The van der Waals surface area contributed by atoms with Crippen molar-refractivity contribution >= 4 is 28.5 Å². The van der Waals surface area contributed by atoms with Gasteiger partial charge in [0.05, 0.1) is 19.4 Å². The molecule has 0 amide bonds. The van der Waals surface area contributed by atoms with Crippen LogP contribution < -0.4 is 20.6 Å². The van der Waals surface area contributed by atoms with E-state index >= 15 is 0 Å². The van der Waals surface area contributed by atoms with Crippen molar-refractivity contribution in [3.8, 4) is 11.5 Å². The summed E-state index contributed by atoms with van der Waals surface area (Å²) in [6.45, 7) is 3.93. The molecular weight excluding hydrogens is 288 g/mol. The molecule has 2 rings (SSSR count). The number of rotatable bonds is 6. The zero-order chi connectivity index (χ0) is 15.2. The second-order valence-electron chi connectivity index (χ2n) is 4.52. The zero-order valence-corrected chi connectivity index (χ0v) is 13.0. The van der Waals surface area contributed by atoms with E-state index in [1.807, 2.05) is 32.0 Å². The molecule has 1 aromatic heterocycles. The summed E-state index contributed by atoms with van der Waals surface area (Å²) >= 11 is 1.40. The molecule has 0 spiro atoms. The molecule has 112 valence electrons. The average molecular weight is 306 g/mol. The van der Waals surface area contributed by atoms with Crippen LogP contribution in [0.3, 0.4) is 0 Å². The van der Waals surface area contributed by atoms with Gasteiger partial charge in [-0.05, 0) is 37.6 Å². The van der Waals surface area contributed by atoms with Gasteiger partial charge in [-0.1, -0.05) is 0 Å². The fourth-order valence-corrected chi connectivity index (χ4v) is 2.17. The molecule has 0 bridgehead atoms. The van der Waals surface area contributed by atoms with Crippen molar-refractivity contribution < 1.29 is 9.47 Å². The van der Waals surface area contributed by atoms with Gasteiger partial charge in [0.25, 0.3) is 0 Å². The van der Waals surface area contributed by atoms with Crippen molar-refractivity contribution in [1.29, 1.82) is 0 Å². The summed E-state index contributed by atoms with van der Waals surface area (Å²) in [6, 6.07) is 5.62. The fraction of sp³-hybridized carbons (Fsp3) is 0.286. The van der Waals surface area contributed by atoms with Crippen molar-refractivity contribution in [3.05, 3.63) is 29.1 Å². The maximum absolute atomic E-state index is 5.71. The van der Waals surface area contributed by atoms with Gasteiger partial charge in [0, 0.05) is 5.38 Å². The first kappa shape index (κ1) is 15.1. The highest BCUT2D eigenvalue weighted by atomic mass is 32.1. The molecular formula is C14H18N4O2S. The fourth-order valence-electron chi connectivity index (χ4n) is 1.62. The molecule has 0 saturated heterocycles. The molecule has 0 unspecified atom stereocenters. The lowest BCUT2D eigenvalue weighted by Gasteiger charge is -2.13. The first-order valence-corrected chi connectivity index (χ1v) is 7.31. The van der Waals surface area contributed by atoms with Crippen LogP contribution in [0.25, 0.3) is 0 Å². The highest BCUT2D eigenvalue weighted by molar-refractivity contribution is 7.14.